The molecule has 0 unspecified atom stereocenters. The quantitative estimate of drug-likeness (QED) is 0.785. The van der Waals surface area contributed by atoms with Crippen LogP contribution in [0.15, 0.2) is 24.3 Å². The Labute approximate surface area is 129 Å². The van der Waals surface area contributed by atoms with Crippen LogP contribution in [-0.2, 0) is 0 Å². The first-order valence-corrected chi connectivity index (χ1v) is 7.05. The van der Waals surface area contributed by atoms with Gasteiger partial charge in [0.1, 0.15) is 11.3 Å². The third-order valence-corrected chi connectivity index (χ3v) is 3.80. The van der Waals surface area contributed by atoms with Crippen molar-refractivity contribution in [1.82, 2.24) is 15.2 Å². The van der Waals surface area contributed by atoms with Crippen LogP contribution in [0.1, 0.15) is 16.7 Å². The highest BCUT2D eigenvalue weighted by Gasteiger charge is 2.12. The molecule has 5 nitrogen and oxygen atoms in total. The van der Waals surface area contributed by atoms with Gasteiger partial charge in [0.25, 0.3) is 0 Å². The number of nitrogens with two attached hydrogens (primary N) is 1. The maximum Gasteiger partial charge on any atom is 0.240 e. The Bertz CT molecular complexity index is 851. The number of ether oxygens (including phenoxy) is 1. The van der Waals surface area contributed by atoms with Crippen LogP contribution in [0.5, 0.6) is 5.75 Å². The smallest absolute Gasteiger partial charge is 0.240 e. The number of hydrogen-bond donors (Lipinski definition) is 1. The molecule has 1 aromatic heterocycles. The van der Waals surface area contributed by atoms with E-state index in [2.05, 4.69) is 35.1 Å². The van der Waals surface area contributed by atoms with Crippen molar-refractivity contribution < 1.29 is 4.74 Å². The highest BCUT2D eigenvalue weighted by Crippen LogP contribution is 2.33. The molecule has 0 spiro atoms. The predicted molar refractivity (Wildman–Crippen MR) is 87.9 cm³/mol. The van der Waals surface area contributed by atoms with E-state index in [9.17, 15) is 0 Å². The lowest BCUT2D eigenvalue weighted by Crippen LogP contribution is -2.00. The minimum atomic E-state index is 0.195. The van der Waals surface area contributed by atoms with E-state index in [1.54, 1.807) is 7.11 Å². The summed E-state index contributed by atoms with van der Waals surface area (Å²) in [5.41, 5.74) is 12.8. The molecule has 3 aromatic rings. The van der Waals surface area contributed by atoms with Gasteiger partial charge in [-0.25, -0.2) is 4.98 Å². The lowest BCUT2D eigenvalue weighted by molar-refractivity contribution is 0.414. The van der Waals surface area contributed by atoms with Crippen molar-refractivity contribution in [1.29, 1.82) is 0 Å². The summed E-state index contributed by atoms with van der Waals surface area (Å²) in [6, 6.07) is 8.19. The van der Waals surface area contributed by atoms with Gasteiger partial charge in [0.05, 0.1) is 12.6 Å². The summed E-state index contributed by atoms with van der Waals surface area (Å²) in [5, 5.41) is 8.01. The Kier molecular flexibility index (Phi) is 3.41. The summed E-state index contributed by atoms with van der Waals surface area (Å²) in [5.74, 6) is 1.06. The zero-order chi connectivity index (χ0) is 15.9. The number of rotatable bonds is 2. The van der Waals surface area contributed by atoms with Gasteiger partial charge in [0.2, 0.25) is 5.95 Å². The number of aryl methyl sites for hydroxylation is 3. The third-order valence-electron chi connectivity index (χ3n) is 3.80. The zero-order valence-corrected chi connectivity index (χ0v) is 13.1. The number of methoxy groups -OCH3 is 1. The van der Waals surface area contributed by atoms with E-state index < -0.39 is 0 Å². The van der Waals surface area contributed by atoms with Gasteiger partial charge in [-0.1, -0.05) is 0 Å². The summed E-state index contributed by atoms with van der Waals surface area (Å²) in [4.78, 5) is 4.27. The molecule has 3 rings (SSSR count). The Balaban J connectivity index is 2.25. The molecule has 1 heterocycles. The van der Waals surface area contributed by atoms with Gasteiger partial charge in [0.15, 0.2) is 0 Å². The largest absolute Gasteiger partial charge is 0.497 e. The Morgan fingerprint density at radius 3 is 2.23 bits per heavy atom. The lowest BCUT2D eigenvalue weighted by Gasteiger charge is -2.14. The van der Waals surface area contributed by atoms with Crippen LogP contribution in [0.2, 0.25) is 0 Å². The Morgan fingerprint density at radius 2 is 1.59 bits per heavy atom. The molecule has 112 valence electrons. The minimum absolute atomic E-state index is 0.195. The van der Waals surface area contributed by atoms with Crippen molar-refractivity contribution in [3.8, 4) is 16.9 Å². The molecule has 0 atom stereocenters. The van der Waals surface area contributed by atoms with Crippen molar-refractivity contribution in [3.05, 3.63) is 41.0 Å². The maximum atomic E-state index is 5.62. The minimum Gasteiger partial charge on any atom is -0.497 e. The second kappa shape index (κ2) is 5.26. The highest BCUT2D eigenvalue weighted by molar-refractivity contribution is 5.86. The molecule has 5 heteroatoms. The number of benzene rings is 2. The van der Waals surface area contributed by atoms with Crippen LogP contribution in [0.25, 0.3) is 22.2 Å². The molecule has 0 aliphatic carbocycles. The van der Waals surface area contributed by atoms with E-state index in [0.717, 1.165) is 39.0 Å². The van der Waals surface area contributed by atoms with Gasteiger partial charge >= 0.3 is 0 Å². The van der Waals surface area contributed by atoms with Gasteiger partial charge in [-0.05, 0) is 72.9 Å². The average molecular weight is 294 g/mol. The molecule has 0 radical (unpaired) electrons. The lowest BCUT2D eigenvalue weighted by atomic mass is 9.94. The number of hydrogen-bond acceptors (Lipinski definition) is 5. The molecule has 0 saturated heterocycles. The zero-order valence-electron chi connectivity index (χ0n) is 13.1. The van der Waals surface area contributed by atoms with Gasteiger partial charge < -0.3 is 10.5 Å². The van der Waals surface area contributed by atoms with Gasteiger partial charge in [-0.15, -0.1) is 10.2 Å². The van der Waals surface area contributed by atoms with Crippen LogP contribution < -0.4 is 10.5 Å². The van der Waals surface area contributed by atoms with Gasteiger partial charge in [-0.2, -0.15) is 0 Å². The van der Waals surface area contributed by atoms with Crippen LogP contribution >= 0.6 is 0 Å². The fourth-order valence-corrected chi connectivity index (χ4v) is 2.87. The predicted octanol–water partition coefficient (Wildman–Crippen LogP) is 3.21. The number of aromatic nitrogens is 3. The summed E-state index contributed by atoms with van der Waals surface area (Å²) in [6.45, 7) is 6.17. The molecule has 2 aromatic carbocycles. The Hall–Kier alpha value is -2.69. The maximum absolute atomic E-state index is 5.62. The SMILES string of the molecule is COc1cc(C)c(-c2cc(C)c3nc(N)nnc3c2)c(C)c1. The summed E-state index contributed by atoms with van der Waals surface area (Å²) < 4.78 is 5.33. The first kappa shape index (κ1) is 14.3. The number of nitrogen functional groups attached to an aromatic ring is 1. The molecule has 0 bridgehead atoms. The molecule has 0 amide bonds. The van der Waals surface area contributed by atoms with E-state index in [4.69, 9.17) is 10.5 Å². The standard InChI is InChI=1S/C17H18N4O/c1-9-6-13(22-4)7-10(2)15(9)12-5-11(3)16-14(8-12)20-21-17(18)19-16/h5-8H,1-4H3,(H2,18,19,21). The monoisotopic (exact) mass is 294 g/mol. The molecular weight excluding hydrogens is 276 g/mol. The van der Waals surface area contributed by atoms with Crippen LogP contribution in [0, 0.1) is 20.8 Å². The van der Waals surface area contributed by atoms with E-state index >= 15 is 0 Å². The molecular formula is C17H18N4O. The van der Waals surface area contributed by atoms with E-state index in [1.807, 2.05) is 25.1 Å². The van der Waals surface area contributed by atoms with E-state index in [1.165, 1.54) is 5.56 Å². The molecule has 2 N–H and O–H groups in total. The van der Waals surface area contributed by atoms with Crippen molar-refractivity contribution in [3.63, 3.8) is 0 Å². The fourth-order valence-electron chi connectivity index (χ4n) is 2.87. The number of fused-ring (bicyclic) bond motifs is 1. The van der Waals surface area contributed by atoms with E-state index in [-0.39, 0.29) is 5.95 Å². The first-order chi connectivity index (χ1) is 10.5. The van der Waals surface area contributed by atoms with Crippen molar-refractivity contribution in [2.24, 2.45) is 0 Å². The second-order valence-electron chi connectivity index (χ2n) is 5.47. The number of anilines is 1. The highest BCUT2D eigenvalue weighted by atomic mass is 16.5. The molecule has 22 heavy (non-hydrogen) atoms. The van der Waals surface area contributed by atoms with Crippen LogP contribution in [0.4, 0.5) is 5.95 Å². The van der Waals surface area contributed by atoms with Crippen LogP contribution in [-0.4, -0.2) is 22.3 Å². The summed E-state index contributed by atoms with van der Waals surface area (Å²) >= 11 is 0. The van der Waals surface area contributed by atoms with Crippen molar-refractivity contribution >= 4 is 17.0 Å². The van der Waals surface area contributed by atoms with E-state index in [0.29, 0.717) is 0 Å². The Morgan fingerprint density at radius 1 is 0.909 bits per heavy atom. The van der Waals surface area contributed by atoms with Crippen molar-refractivity contribution in [2.75, 3.05) is 12.8 Å². The van der Waals surface area contributed by atoms with Gasteiger partial charge in [0, 0.05) is 0 Å². The topological polar surface area (TPSA) is 73.9 Å². The van der Waals surface area contributed by atoms with Crippen molar-refractivity contribution in [2.45, 2.75) is 20.8 Å². The first-order valence-electron chi connectivity index (χ1n) is 7.05. The third kappa shape index (κ3) is 2.35. The number of nitrogens with zero attached hydrogens (tertiary/aromatic N) is 3. The van der Waals surface area contributed by atoms with Gasteiger partial charge in [-0.3, -0.25) is 0 Å². The summed E-state index contributed by atoms with van der Waals surface area (Å²) in [7, 11) is 1.68. The molecule has 0 aliphatic rings. The molecule has 0 saturated carbocycles. The normalized spacial score (nSPS) is 10.9. The summed E-state index contributed by atoms with van der Waals surface area (Å²) in [6.07, 6.45) is 0. The molecule has 0 aliphatic heterocycles. The average Bonchev–Trinajstić information content (AvgIpc) is 2.47. The second-order valence-corrected chi connectivity index (χ2v) is 5.47. The fraction of sp³-hybridized carbons (Fsp3) is 0.235. The van der Waals surface area contributed by atoms with Crippen LogP contribution in [0.3, 0.4) is 0 Å². The molecule has 0 fully saturated rings.